The van der Waals surface area contributed by atoms with Crippen molar-refractivity contribution in [2.75, 3.05) is 13.2 Å². The van der Waals surface area contributed by atoms with Gasteiger partial charge in [-0.15, -0.1) is 11.3 Å². The molecule has 0 saturated heterocycles. The van der Waals surface area contributed by atoms with Crippen LogP contribution in [0.2, 0.25) is 0 Å². The lowest BCUT2D eigenvalue weighted by molar-refractivity contribution is 0.109. The van der Waals surface area contributed by atoms with Crippen molar-refractivity contribution < 1.29 is 14.6 Å². The summed E-state index contributed by atoms with van der Waals surface area (Å²) in [5.41, 5.74) is 0.0629. The first-order valence-corrected chi connectivity index (χ1v) is 7.08. The van der Waals surface area contributed by atoms with Gasteiger partial charge in [0.25, 0.3) is 0 Å². The van der Waals surface area contributed by atoms with Crippen LogP contribution in [-0.2, 0) is 11.8 Å². The Morgan fingerprint density at radius 3 is 2.26 bits per heavy atom. The minimum Gasteiger partial charge on any atom is -0.395 e. The molecule has 1 aromatic carbocycles. The second kappa shape index (κ2) is 6.28. The van der Waals surface area contributed by atoms with Crippen LogP contribution in [0.5, 0.6) is 0 Å². The summed E-state index contributed by atoms with van der Waals surface area (Å²) in [6.07, 6.45) is 1.42. The van der Waals surface area contributed by atoms with Gasteiger partial charge in [-0.1, -0.05) is 18.2 Å². The summed E-state index contributed by atoms with van der Waals surface area (Å²) >= 11 is 1.66. The van der Waals surface area contributed by atoms with E-state index in [1.54, 1.807) is 23.5 Å². The van der Waals surface area contributed by atoms with Crippen LogP contribution in [0.1, 0.15) is 16.9 Å². The first-order valence-electron chi connectivity index (χ1n) is 6.20. The highest BCUT2D eigenvalue weighted by molar-refractivity contribution is 7.09. The number of halogens is 1. The maximum Gasteiger partial charge on any atom is 0.123 e. The first kappa shape index (κ1) is 14.2. The van der Waals surface area contributed by atoms with Crippen molar-refractivity contribution in [3.05, 3.63) is 58.0 Å². The van der Waals surface area contributed by atoms with Gasteiger partial charge in [-0.05, 0) is 42.0 Å². The molecular formula is C15H17FO2S. The average molecular weight is 280 g/mol. The molecule has 0 radical (unpaired) electrons. The van der Waals surface area contributed by atoms with Gasteiger partial charge in [0.05, 0.1) is 13.2 Å². The third-order valence-electron chi connectivity index (χ3n) is 3.49. The van der Waals surface area contributed by atoms with E-state index in [0.29, 0.717) is 6.42 Å². The maximum atomic E-state index is 13.0. The molecule has 0 aliphatic heterocycles. The van der Waals surface area contributed by atoms with Crippen LogP contribution in [0.15, 0.2) is 41.8 Å². The highest BCUT2D eigenvalue weighted by Gasteiger charge is 2.30. The molecule has 102 valence electrons. The Morgan fingerprint density at radius 1 is 1.05 bits per heavy atom. The van der Waals surface area contributed by atoms with Gasteiger partial charge < -0.3 is 10.2 Å². The van der Waals surface area contributed by atoms with Crippen LogP contribution in [0, 0.1) is 5.82 Å². The molecule has 4 heteroatoms. The monoisotopic (exact) mass is 280 g/mol. The highest BCUT2D eigenvalue weighted by Crippen LogP contribution is 2.30. The predicted octanol–water partition coefficient (Wildman–Crippen LogP) is 2.74. The average Bonchev–Trinajstić information content (AvgIpc) is 2.95. The third kappa shape index (κ3) is 3.21. The minimum atomic E-state index is -0.711. The van der Waals surface area contributed by atoms with Gasteiger partial charge >= 0.3 is 0 Å². The van der Waals surface area contributed by atoms with E-state index in [1.165, 1.54) is 17.0 Å². The second-order valence-electron chi connectivity index (χ2n) is 4.68. The molecule has 0 bridgehead atoms. The summed E-state index contributed by atoms with van der Waals surface area (Å²) in [7, 11) is 0. The van der Waals surface area contributed by atoms with Crippen molar-refractivity contribution in [1.82, 2.24) is 0 Å². The molecule has 0 atom stereocenters. The normalized spacial score (nSPS) is 11.7. The molecule has 0 amide bonds. The van der Waals surface area contributed by atoms with Crippen LogP contribution in [-0.4, -0.2) is 23.4 Å². The topological polar surface area (TPSA) is 40.5 Å². The summed E-state index contributed by atoms with van der Waals surface area (Å²) in [5, 5.41) is 21.4. The molecule has 1 heterocycles. The van der Waals surface area contributed by atoms with Gasteiger partial charge in [0, 0.05) is 10.3 Å². The molecule has 2 nitrogen and oxygen atoms in total. The Labute approximate surface area is 116 Å². The maximum absolute atomic E-state index is 13.0. The van der Waals surface area contributed by atoms with E-state index in [4.69, 9.17) is 0 Å². The van der Waals surface area contributed by atoms with Crippen molar-refractivity contribution in [1.29, 1.82) is 0 Å². The number of hydrogen-bond donors (Lipinski definition) is 2. The van der Waals surface area contributed by atoms with E-state index in [9.17, 15) is 14.6 Å². The van der Waals surface area contributed by atoms with Crippen molar-refractivity contribution >= 4 is 11.3 Å². The van der Waals surface area contributed by atoms with E-state index < -0.39 is 5.41 Å². The Hall–Kier alpha value is -1.23. The summed E-state index contributed by atoms with van der Waals surface area (Å²) in [6, 6.07) is 10.0. The summed E-state index contributed by atoms with van der Waals surface area (Å²) in [6.45, 7) is -0.305. The van der Waals surface area contributed by atoms with Crippen LogP contribution in [0.3, 0.4) is 0 Å². The summed E-state index contributed by atoms with van der Waals surface area (Å²) < 4.78 is 13.0. The molecule has 2 N–H and O–H groups in total. The van der Waals surface area contributed by atoms with Crippen LogP contribution < -0.4 is 0 Å². The van der Waals surface area contributed by atoms with E-state index in [2.05, 4.69) is 0 Å². The number of benzene rings is 1. The molecule has 0 unspecified atom stereocenters. The molecule has 0 aliphatic rings. The molecule has 0 saturated carbocycles. The highest BCUT2D eigenvalue weighted by atomic mass is 32.1. The number of rotatable bonds is 6. The zero-order valence-corrected chi connectivity index (χ0v) is 11.4. The molecule has 19 heavy (non-hydrogen) atoms. The second-order valence-corrected chi connectivity index (χ2v) is 5.72. The molecule has 0 spiro atoms. The van der Waals surface area contributed by atoms with Crippen LogP contribution in [0.25, 0.3) is 0 Å². The lowest BCUT2D eigenvalue weighted by Crippen LogP contribution is -2.35. The summed E-state index contributed by atoms with van der Waals surface area (Å²) in [5.74, 6) is -0.313. The van der Waals surface area contributed by atoms with Gasteiger partial charge in [0.1, 0.15) is 5.82 Å². The zero-order chi connectivity index (χ0) is 13.7. The predicted molar refractivity (Wildman–Crippen MR) is 74.9 cm³/mol. The standard InChI is InChI=1S/C15H17FO2S/c16-13-5-3-12(4-6-13)15(10-17,11-18)8-7-14-2-1-9-19-14/h1-6,9,17-18H,7-8,10-11H2. The molecule has 2 aromatic rings. The quantitative estimate of drug-likeness (QED) is 0.854. The molecule has 2 rings (SSSR count). The Kier molecular flexibility index (Phi) is 4.69. The fraction of sp³-hybridized carbons (Fsp3) is 0.333. The molecule has 0 fully saturated rings. The van der Waals surface area contributed by atoms with E-state index in [0.717, 1.165) is 12.0 Å². The Morgan fingerprint density at radius 2 is 1.74 bits per heavy atom. The van der Waals surface area contributed by atoms with E-state index >= 15 is 0 Å². The van der Waals surface area contributed by atoms with Crippen molar-refractivity contribution in [3.63, 3.8) is 0 Å². The fourth-order valence-corrected chi connectivity index (χ4v) is 2.86. The number of aliphatic hydroxyl groups is 2. The van der Waals surface area contributed by atoms with Gasteiger partial charge in [-0.3, -0.25) is 0 Å². The first-order chi connectivity index (χ1) is 9.20. The molecule has 1 aromatic heterocycles. The summed E-state index contributed by atoms with van der Waals surface area (Å²) in [4.78, 5) is 1.22. The SMILES string of the molecule is OCC(CO)(CCc1cccs1)c1ccc(F)cc1. The van der Waals surface area contributed by atoms with Crippen molar-refractivity contribution in [3.8, 4) is 0 Å². The lowest BCUT2D eigenvalue weighted by atomic mass is 9.78. The van der Waals surface area contributed by atoms with Crippen LogP contribution >= 0.6 is 11.3 Å². The number of aryl methyl sites for hydroxylation is 1. The smallest absolute Gasteiger partial charge is 0.123 e. The van der Waals surface area contributed by atoms with Gasteiger partial charge in [-0.25, -0.2) is 4.39 Å². The largest absolute Gasteiger partial charge is 0.395 e. The van der Waals surface area contributed by atoms with E-state index in [-0.39, 0.29) is 19.0 Å². The Balaban J connectivity index is 2.19. The zero-order valence-electron chi connectivity index (χ0n) is 10.6. The Bertz CT molecular complexity index is 489. The number of hydrogen-bond acceptors (Lipinski definition) is 3. The van der Waals surface area contributed by atoms with Crippen molar-refractivity contribution in [2.24, 2.45) is 0 Å². The fourth-order valence-electron chi connectivity index (χ4n) is 2.16. The molecular weight excluding hydrogens is 263 g/mol. The minimum absolute atomic E-state index is 0.152. The van der Waals surface area contributed by atoms with Crippen LogP contribution in [0.4, 0.5) is 4.39 Å². The van der Waals surface area contributed by atoms with Gasteiger partial charge in [0.2, 0.25) is 0 Å². The van der Waals surface area contributed by atoms with Gasteiger partial charge in [-0.2, -0.15) is 0 Å². The van der Waals surface area contributed by atoms with Crippen molar-refractivity contribution in [2.45, 2.75) is 18.3 Å². The van der Waals surface area contributed by atoms with Gasteiger partial charge in [0.15, 0.2) is 0 Å². The lowest BCUT2D eigenvalue weighted by Gasteiger charge is -2.30. The number of thiophene rings is 1. The molecule has 0 aliphatic carbocycles. The third-order valence-corrected chi connectivity index (χ3v) is 4.43. The van der Waals surface area contributed by atoms with E-state index in [1.807, 2.05) is 17.5 Å². The number of aliphatic hydroxyl groups excluding tert-OH is 2.